The molecule has 184 valence electrons. The second-order valence-electron chi connectivity index (χ2n) is 8.77. The number of piperidine rings is 1. The Kier molecular flexibility index (Phi) is 8.17. The molecule has 12 nitrogen and oxygen atoms in total. The summed E-state index contributed by atoms with van der Waals surface area (Å²) in [5.41, 5.74) is -0.610. The summed E-state index contributed by atoms with van der Waals surface area (Å²) in [7, 11) is 0. The lowest BCUT2D eigenvalue weighted by Gasteiger charge is -2.49. The molecule has 2 amide bonds. The molecule has 0 aromatic rings. The quantitative estimate of drug-likeness (QED) is 0.298. The Morgan fingerprint density at radius 1 is 0.848 bits per heavy atom. The minimum absolute atomic E-state index is 0.00999. The number of amides is 2. The van der Waals surface area contributed by atoms with E-state index in [4.69, 9.17) is 23.7 Å². The summed E-state index contributed by atoms with van der Waals surface area (Å²) >= 11 is 0. The first-order valence-electron chi connectivity index (χ1n) is 10.4. The minimum atomic E-state index is -1.58. The van der Waals surface area contributed by atoms with Crippen LogP contribution in [0.5, 0.6) is 0 Å². The lowest BCUT2D eigenvalue weighted by molar-refractivity contribution is -0.283. The van der Waals surface area contributed by atoms with Gasteiger partial charge in [-0.05, 0) is 5.41 Å². The van der Waals surface area contributed by atoms with Gasteiger partial charge in [0.2, 0.25) is 18.1 Å². The molecule has 0 spiro atoms. The highest BCUT2D eigenvalue weighted by Gasteiger charge is 2.57. The number of nitrogens with zero attached hydrogens (tertiary/aromatic N) is 1. The summed E-state index contributed by atoms with van der Waals surface area (Å²) in [5.74, 6) is -4.26. The van der Waals surface area contributed by atoms with Crippen molar-refractivity contribution in [3.63, 3.8) is 0 Å². The van der Waals surface area contributed by atoms with E-state index in [9.17, 15) is 28.8 Å². The van der Waals surface area contributed by atoms with Gasteiger partial charge >= 0.3 is 23.9 Å². The van der Waals surface area contributed by atoms with Crippen LogP contribution >= 0.6 is 0 Å². The fourth-order valence-electron chi connectivity index (χ4n) is 3.94. The molecule has 0 N–H and O–H groups in total. The molecule has 0 aliphatic carbocycles. The van der Waals surface area contributed by atoms with Gasteiger partial charge < -0.3 is 23.7 Å². The van der Waals surface area contributed by atoms with Gasteiger partial charge in [0, 0.05) is 40.5 Å². The van der Waals surface area contributed by atoms with E-state index in [1.807, 2.05) is 0 Å². The monoisotopic (exact) mass is 471 g/mol. The van der Waals surface area contributed by atoms with Gasteiger partial charge in [0.25, 0.3) is 0 Å². The zero-order valence-electron chi connectivity index (χ0n) is 19.4. The van der Waals surface area contributed by atoms with E-state index in [-0.39, 0.29) is 12.8 Å². The number of imide groups is 1. The second kappa shape index (κ2) is 10.3. The van der Waals surface area contributed by atoms with Crippen LogP contribution in [0.25, 0.3) is 0 Å². The second-order valence-corrected chi connectivity index (χ2v) is 8.77. The molecule has 0 saturated carbocycles. The summed E-state index contributed by atoms with van der Waals surface area (Å²) in [4.78, 5) is 73.8. The van der Waals surface area contributed by atoms with Gasteiger partial charge in [-0.1, -0.05) is 13.8 Å². The fourth-order valence-corrected chi connectivity index (χ4v) is 3.94. The number of hydrogen-bond donors (Lipinski definition) is 0. The molecule has 33 heavy (non-hydrogen) atoms. The van der Waals surface area contributed by atoms with E-state index in [2.05, 4.69) is 0 Å². The third kappa shape index (κ3) is 6.73. The maximum absolute atomic E-state index is 13.0. The first-order valence-corrected chi connectivity index (χ1v) is 10.4. The van der Waals surface area contributed by atoms with Gasteiger partial charge in [-0.2, -0.15) is 0 Å². The third-order valence-corrected chi connectivity index (χ3v) is 5.05. The average Bonchev–Trinajstić information content (AvgIpc) is 2.61. The summed E-state index contributed by atoms with van der Waals surface area (Å²) < 4.78 is 26.7. The lowest BCUT2D eigenvalue weighted by Crippen LogP contribution is -2.69. The molecule has 2 heterocycles. The van der Waals surface area contributed by atoms with Crippen molar-refractivity contribution in [2.24, 2.45) is 5.41 Å². The first kappa shape index (κ1) is 26.2. The number of hydrogen-bond acceptors (Lipinski definition) is 11. The molecular formula is C21H29NO11. The standard InChI is InChI=1S/C21H29NO11/c1-10(23)29-9-14-18(30-11(2)24)19(31-12(3)25)17(20(33-14)32-13(4)26)22-15(27)7-21(5,6)8-16(22)28/h14,17-20H,7-9H2,1-6H3/t14-,17-,18-,19-,20-/m1/s1. The molecule has 0 bridgehead atoms. The lowest BCUT2D eigenvalue weighted by atomic mass is 9.80. The minimum Gasteiger partial charge on any atom is -0.463 e. The molecule has 2 saturated heterocycles. The number of esters is 4. The van der Waals surface area contributed by atoms with Gasteiger partial charge in [0.05, 0.1) is 0 Å². The molecule has 2 aliphatic rings. The SMILES string of the molecule is CC(=O)OC[C@H]1O[C@@H](OC(C)=O)[C@H](N2C(=O)CC(C)(C)CC2=O)[C@@H](OC(C)=O)[C@@H]1OC(C)=O. The molecule has 12 heteroatoms. The Hall–Kier alpha value is -3.02. The molecule has 2 rings (SSSR count). The molecule has 0 unspecified atom stereocenters. The van der Waals surface area contributed by atoms with Crippen molar-refractivity contribution in [3.8, 4) is 0 Å². The normalized spacial score (nSPS) is 29.2. The van der Waals surface area contributed by atoms with Gasteiger partial charge in [-0.3, -0.25) is 33.7 Å². The van der Waals surface area contributed by atoms with Crippen LogP contribution in [-0.2, 0) is 52.5 Å². The van der Waals surface area contributed by atoms with Crippen LogP contribution in [0.4, 0.5) is 0 Å². The zero-order valence-corrected chi connectivity index (χ0v) is 19.4. The van der Waals surface area contributed by atoms with Gasteiger partial charge in [0.1, 0.15) is 18.8 Å². The van der Waals surface area contributed by atoms with Gasteiger partial charge in [-0.15, -0.1) is 0 Å². The highest BCUT2D eigenvalue weighted by Crippen LogP contribution is 2.37. The third-order valence-electron chi connectivity index (χ3n) is 5.05. The van der Waals surface area contributed by atoms with Crippen molar-refractivity contribution in [2.45, 2.75) is 85.0 Å². The molecule has 5 atom stereocenters. The summed E-state index contributed by atoms with van der Waals surface area (Å²) in [6.07, 6.45) is -5.66. The van der Waals surface area contributed by atoms with E-state index >= 15 is 0 Å². The van der Waals surface area contributed by atoms with Gasteiger partial charge in [0.15, 0.2) is 12.2 Å². The summed E-state index contributed by atoms with van der Waals surface area (Å²) in [5, 5.41) is 0. The number of ether oxygens (including phenoxy) is 5. The van der Waals surface area contributed by atoms with Gasteiger partial charge in [-0.25, -0.2) is 0 Å². The maximum atomic E-state index is 13.0. The predicted octanol–water partition coefficient (Wildman–Crippen LogP) is 0.245. The smallest absolute Gasteiger partial charge is 0.305 e. The van der Waals surface area contributed by atoms with Crippen LogP contribution in [0.2, 0.25) is 0 Å². The molecule has 0 radical (unpaired) electrons. The van der Waals surface area contributed by atoms with Crippen LogP contribution in [0.1, 0.15) is 54.4 Å². The summed E-state index contributed by atoms with van der Waals surface area (Å²) in [6, 6.07) is -1.44. The Balaban J connectivity index is 2.57. The van der Waals surface area contributed by atoms with Crippen molar-refractivity contribution in [3.05, 3.63) is 0 Å². The average molecular weight is 471 g/mol. The number of rotatable bonds is 6. The van der Waals surface area contributed by atoms with Crippen LogP contribution in [0.15, 0.2) is 0 Å². The molecular weight excluding hydrogens is 442 g/mol. The Morgan fingerprint density at radius 2 is 1.33 bits per heavy atom. The largest absolute Gasteiger partial charge is 0.463 e. The van der Waals surface area contributed by atoms with Crippen molar-refractivity contribution in [1.82, 2.24) is 4.90 Å². The number of carbonyl (C=O) groups excluding carboxylic acids is 6. The Labute approximate surface area is 190 Å². The number of likely N-dealkylation sites (tertiary alicyclic amines) is 1. The highest BCUT2D eigenvalue weighted by atomic mass is 16.7. The van der Waals surface area contributed by atoms with E-state index in [1.54, 1.807) is 13.8 Å². The van der Waals surface area contributed by atoms with E-state index in [0.717, 1.165) is 32.6 Å². The molecule has 2 fully saturated rings. The van der Waals surface area contributed by atoms with E-state index in [1.165, 1.54) is 0 Å². The van der Waals surface area contributed by atoms with E-state index < -0.39 is 78.4 Å². The Bertz CT molecular complexity index is 816. The highest BCUT2D eigenvalue weighted by molar-refractivity contribution is 5.99. The van der Waals surface area contributed by atoms with Crippen molar-refractivity contribution < 1.29 is 52.5 Å². The van der Waals surface area contributed by atoms with Crippen LogP contribution in [-0.4, -0.2) is 77.8 Å². The number of carbonyl (C=O) groups is 6. The van der Waals surface area contributed by atoms with E-state index in [0.29, 0.717) is 0 Å². The van der Waals surface area contributed by atoms with Crippen LogP contribution < -0.4 is 0 Å². The predicted molar refractivity (Wildman–Crippen MR) is 107 cm³/mol. The molecule has 2 aliphatic heterocycles. The fraction of sp³-hybridized carbons (Fsp3) is 0.714. The summed E-state index contributed by atoms with van der Waals surface area (Å²) in [6.45, 7) is 7.48. The zero-order chi connectivity index (χ0) is 25.1. The maximum Gasteiger partial charge on any atom is 0.305 e. The van der Waals surface area contributed by atoms with Crippen LogP contribution in [0.3, 0.4) is 0 Å². The first-order chi connectivity index (χ1) is 15.2. The molecule has 0 aromatic carbocycles. The van der Waals surface area contributed by atoms with Crippen molar-refractivity contribution in [2.75, 3.05) is 6.61 Å². The topological polar surface area (TPSA) is 152 Å². The van der Waals surface area contributed by atoms with Crippen LogP contribution in [0, 0.1) is 5.41 Å². The molecule has 0 aromatic heterocycles. The Morgan fingerprint density at radius 3 is 1.79 bits per heavy atom. The van der Waals surface area contributed by atoms with Crippen molar-refractivity contribution >= 4 is 35.7 Å². The van der Waals surface area contributed by atoms with Crippen molar-refractivity contribution in [1.29, 1.82) is 0 Å².